The molecule has 2 N–H and O–H groups in total. The molecule has 0 atom stereocenters. The molecular formula is C19H35IN6. The normalized spacial score (nSPS) is 21.0. The van der Waals surface area contributed by atoms with Crippen molar-refractivity contribution in [3.05, 3.63) is 18.7 Å². The van der Waals surface area contributed by atoms with Crippen LogP contribution >= 0.6 is 24.0 Å². The fourth-order valence-corrected chi connectivity index (χ4v) is 4.37. The van der Waals surface area contributed by atoms with E-state index in [1.807, 2.05) is 25.8 Å². The molecule has 148 valence electrons. The fraction of sp³-hybridized carbons (Fsp3) is 0.789. The number of hydrogen-bond acceptors (Lipinski definition) is 3. The Balaban J connectivity index is 0.00000243. The maximum atomic E-state index is 4.42. The smallest absolute Gasteiger partial charge is 0.191 e. The van der Waals surface area contributed by atoms with Gasteiger partial charge in [0.1, 0.15) is 0 Å². The summed E-state index contributed by atoms with van der Waals surface area (Å²) >= 11 is 0. The number of nitrogens with one attached hydrogen (secondary N) is 2. The summed E-state index contributed by atoms with van der Waals surface area (Å²) in [6, 6.07) is 0. The van der Waals surface area contributed by atoms with Gasteiger partial charge in [-0.3, -0.25) is 9.89 Å². The quantitative estimate of drug-likeness (QED) is 0.378. The van der Waals surface area contributed by atoms with E-state index in [2.05, 4.69) is 30.1 Å². The van der Waals surface area contributed by atoms with Crippen LogP contribution in [0.4, 0.5) is 0 Å². The summed E-state index contributed by atoms with van der Waals surface area (Å²) in [5, 5.41) is 7.07. The maximum Gasteiger partial charge on any atom is 0.191 e. The predicted molar refractivity (Wildman–Crippen MR) is 118 cm³/mol. The third-order valence-electron chi connectivity index (χ3n) is 5.84. The first kappa shape index (κ1) is 21.5. The molecule has 0 bridgehead atoms. The van der Waals surface area contributed by atoms with Gasteiger partial charge in [-0.2, -0.15) is 0 Å². The third kappa shape index (κ3) is 5.84. The highest BCUT2D eigenvalue weighted by molar-refractivity contribution is 14.0. The van der Waals surface area contributed by atoms with Gasteiger partial charge < -0.3 is 15.2 Å². The van der Waals surface area contributed by atoms with Crippen LogP contribution in [0.5, 0.6) is 0 Å². The molecule has 2 heterocycles. The minimum absolute atomic E-state index is 0. The molecule has 1 aromatic heterocycles. The number of hydrogen-bond donors (Lipinski definition) is 2. The number of nitrogens with zero attached hydrogens (tertiary/aromatic N) is 4. The standard InChI is InChI=1S/C19H34N6.HI/c1-20-18(22-11-15-24-14-10-21-17-24)23-16-19(8-4-2-5-9-19)25-12-6-3-7-13-25;/h10,14,17H,2-9,11-13,15-16H2,1H3,(H2,20,22,23);1H. The monoisotopic (exact) mass is 474 g/mol. The van der Waals surface area contributed by atoms with Crippen molar-refractivity contribution in [2.75, 3.05) is 33.2 Å². The minimum atomic E-state index is 0. The highest BCUT2D eigenvalue weighted by atomic mass is 127. The van der Waals surface area contributed by atoms with Crippen molar-refractivity contribution in [1.29, 1.82) is 0 Å². The van der Waals surface area contributed by atoms with E-state index in [0.717, 1.165) is 25.6 Å². The number of imidazole rings is 1. The van der Waals surface area contributed by atoms with Crippen LogP contribution in [0.15, 0.2) is 23.7 Å². The first-order valence-corrected chi connectivity index (χ1v) is 9.98. The van der Waals surface area contributed by atoms with E-state index in [4.69, 9.17) is 0 Å². The molecule has 0 radical (unpaired) electrons. The molecule has 2 fully saturated rings. The third-order valence-corrected chi connectivity index (χ3v) is 5.84. The highest BCUT2D eigenvalue weighted by Gasteiger charge is 2.38. The molecule has 0 amide bonds. The van der Waals surface area contributed by atoms with Crippen LogP contribution in [-0.4, -0.2) is 59.2 Å². The SMILES string of the molecule is CN=C(NCCn1ccnc1)NCC1(N2CCCCC2)CCCCC1.I. The molecule has 0 aromatic carbocycles. The molecule has 1 aliphatic heterocycles. The molecule has 3 rings (SSSR count). The lowest BCUT2D eigenvalue weighted by Gasteiger charge is -2.48. The fourth-order valence-electron chi connectivity index (χ4n) is 4.37. The molecule has 2 aliphatic rings. The number of likely N-dealkylation sites (tertiary alicyclic amines) is 1. The van der Waals surface area contributed by atoms with Gasteiger partial charge in [-0.1, -0.05) is 25.7 Å². The predicted octanol–water partition coefficient (Wildman–Crippen LogP) is 2.85. The molecule has 7 heteroatoms. The largest absolute Gasteiger partial charge is 0.355 e. The van der Waals surface area contributed by atoms with Crippen LogP contribution in [0.2, 0.25) is 0 Å². The summed E-state index contributed by atoms with van der Waals surface area (Å²) in [6.07, 6.45) is 16.6. The van der Waals surface area contributed by atoms with E-state index in [9.17, 15) is 0 Å². The van der Waals surface area contributed by atoms with Crippen molar-refractivity contribution in [2.24, 2.45) is 4.99 Å². The van der Waals surface area contributed by atoms with Crippen molar-refractivity contribution >= 4 is 29.9 Å². The van der Waals surface area contributed by atoms with Gasteiger partial charge in [0.15, 0.2) is 5.96 Å². The molecule has 0 unspecified atom stereocenters. The first-order chi connectivity index (χ1) is 12.3. The molecule has 1 saturated heterocycles. The van der Waals surface area contributed by atoms with E-state index in [-0.39, 0.29) is 24.0 Å². The average Bonchev–Trinajstić information content (AvgIpc) is 3.19. The zero-order chi connectivity index (χ0) is 17.4. The van der Waals surface area contributed by atoms with Gasteiger partial charge in [0.05, 0.1) is 6.33 Å². The summed E-state index contributed by atoms with van der Waals surface area (Å²) < 4.78 is 2.08. The van der Waals surface area contributed by atoms with Crippen molar-refractivity contribution < 1.29 is 0 Å². The molecular weight excluding hydrogens is 439 g/mol. The Morgan fingerprint density at radius 2 is 1.81 bits per heavy atom. The Morgan fingerprint density at radius 1 is 1.08 bits per heavy atom. The van der Waals surface area contributed by atoms with Gasteiger partial charge >= 0.3 is 0 Å². The van der Waals surface area contributed by atoms with Gasteiger partial charge in [-0.25, -0.2) is 4.98 Å². The van der Waals surface area contributed by atoms with Crippen molar-refractivity contribution in [3.8, 4) is 0 Å². The summed E-state index contributed by atoms with van der Waals surface area (Å²) in [4.78, 5) is 11.3. The number of rotatable bonds is 6. The molecule has 1 aromatic rings. The topological polar surface area (TPSA) is 57.5 Å². The Kier molecular flexibility index (Phi) is 9.18. The van der Waals surface area contributed by atoms with E-state index >= 15 is 0 Å². The van der Waals surface area contributed by atoms with E-state index in [0.29, 0.717) is 5.54 Å². The lowest BCUT2D eigenvalue weighted by atomic mass is 9.79. The van der Waals surface area contributed by atoms with Crippen LogP contribution in [-0.2, 0) is 6.54 Å². The highest BCUT2D eigenvalue weighted by Crippen LogP contribution is 2.35. The summed E-state index contributed by atoms with van der Waals surface area (Å²) in [5.74, 6) is 0.919. The van der Waals surface area contributed by atoms with Crippen LogP contribution in [0.3, 0.4) is 0 Å². The molecule has 0 spiro atoms. The van der Waals surface area contributed by atoms with E-state index < -0.39 is 0 Å². The van der Waals surface area contributed by atoms with Gasteiger partial charge in [-0.05, 0) is 38.8 Å². The summed E-state index contributed by atoms with van der Waals surface area (Å²) in [7, 11) is 1.86. The van der Waals surface area contributed by atoms with Crippen molar-refractivity contribution in [1.82, 2.24) is 25.1 Å². The Bertz CT molecular complexity index is 518. The van der Waals surface area contributed by atoms with Crippen LogP contribution in [0, 0.1) is 0 Å². The second kappa shape index (κ2) is 11.1. The van der Waals surface area contributed by atoms with Crippen LogP contribution in [0.25, 0.3) is 0 Å². The zero-order valence-corrected chi connectivity index (χ0v) is 18.5. The summed E-state index contributed by atoms with van der Waals surface area (Å²) in [5.41, 5.74) is 0.334. The van der Waals surface area contributed by atoms with Crippen molar-refractivity contribution in [2.45, 2.75) is 63.5 Å². The molecule has 6 nitrogen and oxygen atoms in total. The van der Waals surface area contributed by atoms with E-state index in [1.165, 1.54) is 64.5 Å². The second-order valence-electron chi connectivity index (χ2n) is 7.49. The van der Waals surface area contributed by atoms with Gasteiger partial charge in [-0.15, -0.1) is 24.0 Å². The van der Waals surface area contributed by atoms with Crippen LogP contribution < -0.4 is 10.6 Å². The second-order valence-corrected chi connectivity index (χ2v) is 7.49. The number of piperidine rings is 1. The van der Waals surface area contributed by atoms with Crippen LogP contribution in [0.1, 0.15) is 51.4 Å². The summed E-state index contributed by atoms with van der Waals surface area (Å²) in [6.45, 7) is 5.31. The first-order valence-electron chi connectivity index (χ1n) is 9.98. The number of halogens is 1. The molecule has 1 aliphatic carbocycles. The number of guanidine groups is 1. The van der Waals surface area contributed by atoms with Gasteiger partial charge in [0.2, 0.25) is 0 Å². The Morgan fingerprint density at radius 3 is 2.46 bits per heavy atom. The minimum Gasteiger partial charge on any atom is -0.355 e. The van der Waals surface area contributed by atoms with Gasteiger partial charge in [0, 0.05) is 44.6 Å². The Labute approximate surface area is 175 Å². The van der Waals surface area contributed by atoms with E-state index in [1.54, 1.807) is 0 Å². The lowest BCUT2D eigenvalue weighted by molar-refractivity contribution is 0.0368. The molecule has 1 saturated carbocycles. The average molecular weight is 474 g/mol. The number of aliphatic imine (C=N–C) groups is 1. The zero-order valence-electron chi connectivity index (χ0n) is 16.1. The Hall–Kier alpha value is -0.830. The van der Waals surface area contributed by atoms with Crippen molar-refractivity contribution in [3.63, 3.8) is 0 Å². The maximum absolute atomic E-state index is 4.42. The van der Waals surface area contributed by atoms with Gasteiger partial charge in [0.25, 0.3) is 0 Å². The molecule has 26 heavy (non-hydrogen) atoms. The number of aromatic nitrogens is 2. The lowest BCUT2D eigenvalue weighted by Crippen LogP contribution is -2.59.